The maximum absolute atomic E-state index is 13.0. The molecular weight excluding hydrogens is 398 g/mol. The molecule has 1 amide bonds. The molecular formula is C23H37N3O3S. The number of nitrogens with zero attached hydrogens (tertiary/aromatic N) is 2. The zero-order valence-electron chi connectivity index (χ0n) is 18.4. The zero-order valence-corrected chi connectivity index (χ0v) is 19.2. The van der Waals surface area contributed by atoms with E-state index >= 15 is 0 Å². The lowest BCUT2D eigenvalue weighted by atomic mass is 9.92. The highest BCUT2D eigenvalue weighted by Gasteiger charge is 2.37. The summed E-state index contributed by atoms with van der Waals surface area (Å²) in [5, 5.41) is 3.00. The highest BCUT2D eigenvalue weighted by molar-refractivity contribution is 7.89. The maximum Gasteiger partial charge on any atom is 0.243 e. The Balaban J connectivity index is 1.48. The van der Waals surface area contributed by atoms with Crippen LogP contribution in [-0.4, -0.2) is 62.3 Å². The Morgan fingerprint density at radius 3 is 2.47 bits per heavy atom. The first kappa shape index (κ1) is 23.2. The van der Waals surface area contributed by atoms with Crippen LogP contribution in [0.3, 0.4) is 0 Å². The fraction of sp³-hybridized carbons (Fsp3) is 0.696. The fourth-order valence-corrected chi connectivity index (χ4v) is 6.62. The highest BCUT2D eigenvalue weighted by atomic mass is 32.2. The number of carbonyl (C=O) groups excluding carboxylic acids is 1. The van der Waals surface area contributed by atoms with Gasteiger partial charge in [-0.25, -0.2) is 8.42 Å². The van der Waals surface area contributed by atoms with E-state index < -0.39 is 16.1 Å². The molecule has 168 valence electrons. The van der Waals surface area contributed by atoms with Gasteiger partial charge in [-0.05, 0) is 62.6 Å². The summed E-state index contributed by atoms with van der Waals surface area (Å²) < 4.78 is 27.5. The number of hydrogen-bond donors (Lipinski definition) is 1. The van der Waals surface area contributed by atoms with Gasteiger partial charge in [-0.2, -0.15) is 4.31 Å². The Morgan fingerprint density at radius 2 is 1.77 bits per heavy atom. The van der Waals surface area contributed by atoms with Crippen LogP contribution in [0.25, 0.3) is 0 Å². The molecule has 1 aromatic carbocycles. The van der Waals surface area contributed by atoms with Crippen molar-refractivity contribution in [3.05, 3.63) is 30.3 Å². The van der Waals surface area contributed by atoms with Gasteiger partial charge in [-0.1, -0.05) is 38.5 Å². The summed E-state index contributed by atoms with van der Waals surface area (Å²) in [5.74, 6) is 1.36. The minimum absolute atomic E-state index is 0.158. The molecule has 3 rings (SSSR count). The lowest BCUT2D eigenvalue weighted by Gasteiger charge is -2.35. The van der Waals surface area contributed by atoms with Gasteiger partial charge in [0.2, 0.25) is 15.9 Å². The van der Waals surface area contributed by atoms with Gasteiger partial charge in [0.25, 0.3) is 0 Å². The largest absolute Gasteiger partial charge is 0.355 e. The molecule has 3 atom stereocenters. The van der Waals surface area contributed by atoms with Gasteiger partial charge < -0.3 is 10.2 Å². The normalized spacial score (nSPS) is 26.4. The summed E-state index contributed by atoms with van der Waals surface area (Å²) in [4.78, 5) is 15.6. The zero-order chi connectivity index (χ0) is 21.6. The van der Waals surface area contributed by atoms with Crippen LogP contribution in [0.5, 0.6) is 0 Å². The lowest BCUT2D eigenvalue weighted by Crippen LogP contribution is -2.51. The van der Waals surface area contributed by atoms with Crippen LogP contribution in [0.4, 0.5) is 0 Å². The average Bonchev–Trinajstić information content (AvgIpc) is 2.73. The van der Waals surface area contributed by atoms with Crippen LogP contribution in [-0.2, 0) is 14.8 Å². The topological polar surface area (TPSA) is 69.7 Å². The Hall–Kier alpha value is -1.44. The first-order valence-electron chi connectivity index (χ1n) is 11.4. The second-order valence-electron chi connectivity index (χ2n) is 9.14. The average molecular weight is 436 g/mol. The van der Waals surface area contributed by atoms with Crippen molar-refractivity contribution in [1.82, 2.24) is 14.5 Å². The summed E-state index contributed by atoms with van der Waals surface area (Å²) >= 11 is 0. The maximum atomic E-state index is 13.0. The molecule has 2 saturated heterocycles. The van der Waals surface area contributed by atoms with Gasteiger partial charge in [-0.15, -0.1) is 0 Å². The minimum Gasteiger partial charge on any atom is -0.355 e. The van der Waals surface area contributed by atoms with E-state index in [0.717, 1.165) is 44.1 Å². The quantitative estimate of drug-likeness (QED) is 0.637. The lowest BCUT2D eigenvalue weighted by molar-refractivity contribution is -0.125. The number of sulfonamides is 1. The second kappa shape index (κ2) is 10.7. The number of benzene rings is 1. The first-order chi connectivity index (χ1) is 14.4. The van der Waals surface area contributed by atoms with Gasteiger partial charge in [0.05, 0.1) is 4.90 Å². The molecule has 0 spiro atoms. The predicted molar refractivity (Wildman–Crippen MR) is 120 cm³/mol. The van der Waals surface area contributed by atoms with Crippen LogP contribution in [0, 0.1) is 11.8 Å². The highest BCUT2D eigenvalue weighted by Crippen LogP contribution is 2.25. The van der Waals surface area contributed by atoms with Crippen molar-refractivity contribution in [2.45, 2.75) is 63.3 Å². The van der Waals surface area contributed by atoms with Crippen molar-refractivity contribution in [1.29, 1.82) is 0 Å². The number of unbranched alkanes of at least 4 members (excludes halogenated alkanes) is 1. The molecule has 7 heteroatoms. The van der Waals surface area contributed by atoms with Crippen molar-refractivity contribution < 1.29 is 13.2 Å². The second-order valence-corrected chi connectivity index (χ2v) is 11.0. The Kier molecular flexibility index (Phi) is 8.31. The molecule has 1 aromatic rings. The number of likely N-dealkylation sites (tertiary alicyclic amines) is 1. The van der Waals surface area contributed by atoms with Gasteiger partial charge in [-0.3, -0.25) is 4.79 Å². The van der Waals surface area contributed by atoms with E-state index in [4.69, 9.17) is 0 Å². The van der Waals surface area contributed by atoms with E-state index in [1.165, 1.54) is 23.8 Å². The monoisotopic (exact) mass is 435 g/mol. The third-order valence-corrected chi connectivity index (χ3v) is 8.17. The van der Waals surface area contributed by atoms with Crippen molar-refractivity contribution in [3.63, 3.8) is 0 Å². The van der Waals surface area contributed by atoms with E-state index in [1.807, 2.05) is 0 Å². The molecule has 3 unspecified atom stereocenters. The summed E-state index contributed by atoms with van der Waals surface area (Å²) in [6, 6.07) is 7.83. The summed E-state index contributed by atoms with van der Waals surface area (Å²) in [7, 11) is -3.65. The number of amides is 1. The van der Waals surface area contributed by atoms with Crippen molar-refractivity contribution in [3.8, 4) is 0 Å². The third-order valence-electron chi connectivity index (χ3n) is 6.25. The standard InChI is InChI=1S/C23H37N3O3S/c1-19-16-20(2)18-25(17-19)14-9-7-13-24-23(27)22-12-6-8-15-26(22)30(28,29)21-10-4-3-5-11-21/h3-5,10-11,19-20,22H,6-9,12-18H2,1-2H3,(H,24,27). The van der Waals surface area contributed by atoms with Gasteiger partial charge in [0.15, 0.2) is 0 Å². The molecule has 2 aliphatic heterocycles. The predicted octanol–water partition coefficient (Wildman–Crippen LogP) is 3.10. The van der Waals surface area contributed by atoms with E-state index in [9.17, 15) is 13.2 Å². The van der Waals surface area contributed by atoms with Gasteiger partial charge in [0, 0.05) is 26.2 Å². The molecule has 0 aliphatic carbocycles. The minimum atomic E-state index is -3.65. The SMILES string of the molecule is CC1CC(C)CN(CCCCNC(=O)C2CCCCN2S(=O)(=O)c2ccccc2)C1. The number of rotatable bonds is 8. The molecule has 30 heavy (non-hydrogen) atoms. The van der Waals surface area contributed by atoms with E-state index in [0.29, 0.717) is 19.5 Å². The van der Waals surface area contributed by atoms with Crippen molar-refractivity contribution in [2.24, 2.45) is 11.8 Å². The van der Waals surface area contributed by atoms with Crippen LogP contribution < -0.4 is 5.32 Å². The fourth-order valence-electron chi connectivity index (χ4n) is 4.95. The van der Waals surface area contributed by atoms with E-state index in [1.54, 1.807) is 30.3 Å². The summed E-state index contributed by atoms with van der Waals surface area (Å²) in [6.07, 6.45) is 5.55. The third kappa shape index (κ3) is 6.05. The molecule has 2 aliphatic rings. The molecule has 2 fully saturated rings. The number of carbonyl (C=O) groups is 1. The van der Waals surface area contributed by atoms with Crippen molar-refractivity contribution >= 4 is 15.9 Å². The van der Waals surface area contributed by atoms with Crippen LogP contribution in [0.2, 0.25) is 0 Å². The molecule has 0 saturated carbocycles. The first-order valence-corrected chi connectivity index (χ1v) is 12.9. The van der Waals surface area contributed by atoms with Crippen LogP contribution >= 0.6 is 0 Å². The molecule has 0 radical (unpaired) electrons. The van der Waals surface area contributed by atoms with Gasteiger partial charge in [0.1, 0.15) is 6.04 Å². The number of hydrogen-bond acceptors (Lipinski definition) is 4. The smallest absolute Gasteiger partial charge is 0.243 e. The van der Waals surface area contributed by atoms with Gasteiger partial charge >= 0.3 is 0 Å². The van der Waals surface area contributed by atoms with E-state index in [-0.39, 0.29) is 10.8 Å². The summed E-state index contributed by atoms with van der Waals surface area (Å²) in [5.41, 5.74) is 0. The number of nitrogens with one attached hydrogen (secondary N) is 1. The molecule has 0 bridgehead atoms. The van der Waals surface area contributed by atoms with Crippen molar-refractivity contribution in [2.75, 3.05) is 32.7 Å². The van der Waals surface area contributed by atoms with E-state index in [2.05, 4.69) is 24.1 Å². The van der Waals surface area contributed by atoms with Crippen LogP contribution in [0.15, 0.2) is 35.2 Å². The molecule has 1 N–H and O–H groups in total. The Bertz CT molecular complexity index is 774. The van der Waals surface area contributed by atoms with Crippen LogP contribution in [0.1, 0.15) is 52.4 Å². The molecule has 0 aromatic heterocycles. The number of piperidine rings is 2. The molecule has 2 heterocycles. The molecule has 6 nitrogen and oxygen atoms in total. The summed E-state index contributed by atoms with van der Waals surface area (Å²) in [6.45, 7) is 9.07. The Morgan fingerprint density at radius 1 is 1.07 bits per heavy atom. The Labute approximate surface area is 182 Å².